The van der Waals surface area contributed by atoms with E-state index in [-0.39, 0.29) is 11.7 Å². The molecule has 6 nitrogen and oxygen atoms in total. The van der Waals surface area contributed by atoms with Crippen LogP contribution in [0.1, 0.15) is 43.0 Å². The molecule has 2 aromatic carbocycles. The van der Waals surface area contributed by atoms with Crippen LogP contribution < -0.4 is 9.46 Å². The van der Waals surface area contributed by atoms with Crippen molar-refractivity contribution in [3.63, 3.8) is 0 Å². The monoisotopic (exact) mass is 471 g/mol. The van der Waals surface area contributed by atoms with Crippen molar-refractivity contribution in [1.29, 1.82) is 0 Å². The van der Waals surface area contributed by atoms with Gasteiger partial charge in [-0.2, -0.15) is 0 Å². The summed E-state index contributed by atoms with van der Waals surface area (Å²) in [7, 11) is -3.58. The van der Waals surface area contributed by atoms with Crippen LogP contribution in [0.15, 0.2) is 48.5 Å². The maximum Gasteiger partial charge on any atom is 0.229 e. The lowest BCUT2D eigenvalue weighted by Crippen LogP contribution is -2.34. The Labute approximate surface area is 194 Å². The molecule has 4 rings (SSSR count). The molecular weight excluding hydrogens is 441 g/mol. The number of anilines is 1. The fourth-order valence-electron chi connectivity index (χ4n) is 4.45. The summed E-state index contributed by atoms with van der Waals surface area (Å²) in [5.74, 6) is 0.201. The van der Waals surface area contributed by atoms with Gasteiger partial charge in [-0.1, -0.05) is 18.6 Å². The number of hydrogen-bond donors (Lipinski definition) is 1. The highest BCUT2D eigenvalue weighted by Crippen LogP contribution is 2.32. The van der Waals surface area contributed by atoms with Gasteiger partial charge in [-0.05, 0) is 74.8 Å². The van der Waals surface area contributed by atoms with E-state index < -0.39 is 15.8 Å². The smallest absolute Gasteiger partial charge is 0.229 e. The van der Waals surface area contributed by atoms with Crippen LogP contribution in [0.25, 0.3) is 10.9 Å². The predicted octanol–water partition coefficient (Wildman–Crippen LogP) is 5.05. The lowest BCUT2D eigenvalue weighted by Gasteiger charge is -2.35. The number of nitrogens with zero attached hydrogens (tertiary/aromatic N) is 2. The third kappa shape index (κ3) is 6.00. The Morgan fingerprint density at radius 1 is 1.12 bits per heavy atom. The Kier molecular flexibility index (Phi) is 7.14. The molecule has 0 bridgehead atoms. The van der Waals surface area contributed by atoms with Gasteiger partial charge in [-0.3, -0.25) is 14.6 Å². The molecule has 0 saturated carbocycles. The summed E-state index contributed by atoms with van der Waals surface area (Å²) in [6.45, 7) is 4.34. The van der Waals surface area contributed by atoms with Gasteiger partial charge in [0.05, 0.1) is 24.1 Å². The van der Waals surface area contributed by atoms with Gasteiger partial charge in [-0.15, -0.1) is 0 Å². The lowest BCUT2D eigenvalue weighted by atomic mass is 9.98. The Hall–Kier alpha value is -2.71. The third-order valence-corrected chi connectivity index (χ3v) is 6.57. The highest BCUT2D eigenvalue weighted by molar-refractivity contribution is 7.92. The zero-order chi connectivity index (χ0) is 23.4. The zero-order valence-corrected chi connectivity index (χ0v) is 19.9. The van der Waals surface area contributed by atoms with Crippen molar-refractivity contribution in [2.75, 3.05) is 30.7 Å². The van der Waals surface area contributed by atoms with E-state index in [0.717, 1.165) is 60.1 Å². The first kappa shape index (κ1) is 23.4. The number of piperidine rings is 1. The van der Waals surface area contributed by atoms with E-state index in [0.29, 0.717) is 13.0 Å². The molecule has 0 spiro atoms. The molecule has 8 heteroatoms. The van der Waals surface area contributed by atoms with E-state index in [1.807, 2.05) is 37.3 Å². The minimum atomic E-state index is -3.58. The van der Waals surface area contributed by atoms with Gasteiger partial charge in [0, 0.05) is 23.5 Å². The number of likely N-dealkylation sites (tertiary alicyclic amines) is 1. The lowest BCUT2D eigenvalue weighted by molar-refractivity contribution is 0.138. The summed E-state index contributed by atoms with van der Waals surface area (Å²) >= 11 is 0. The molecule has 1 aromatic heterocycles. The van der Waals surface area contributed by atoms with E-state index in [2.05, 4.69) is 14.6 Å². The van der Waals surface area contributed by atoms with Crippen LogP contribution in [-0.4, -0.2) is 44.3 Å². The predicted molar refractivity (Wildman–Crippen MR) is 130 cm³/mol. The minimum Gasteiger partial charge on any atom is -0.493 e. The van der Waals surface area contributed by atoms with Crippen LogP contribution >= 0.6 is 0 Å². The van der Waals surface area contributed by atoms with Crippen LogP contribution in [0.4, 0.5) is 10.1 Å². The summed E-state index contributed by atoms with van der Waals surface area (Å²) in [6, 6.07) is 14.5. The van der Waals surface area contributed by atoms with Gasteiger partial charge in [0.2, 0.25) is 10.0 Å². The standard InChI is InChI=1S/C25H30FN3O3S/c1-18-9-11-20-22(27-18)7-6-8-25(20)32-16-13-24(29-14-4-3-5-15-29)19-10-12-21(26)23(17-19)28-33(2,30)31/h6-12,17,24,28H,3-5,13-16H2,1-2H3. The summed E-state index contributed by atoms with van der Waals surface area (Å²) in [5, 5.41) is 0.971. The molecule has 176 valence electrons. The van der Waals surface area contributed by atoms with E-state index in [4.69, 9.17) is 4.74 Å². The molecule has 1 N–H and O–H groups in total. The van der Waals surface area contributed by atoms with Gasteiger partial charge >= 0.3 is 0 Å². The minimum absolute atomic E-state index is 0.00126. The summed E-state index contributed by atoms with van der Waals surface area (Å²) in [5.41, 5.74) is 2.71. The molecule has 1 aliphatic heterocycles. The number of halogens is 1. The van der Waals surface area contributed by atoms with Crippen molar-refractivity contribution < 1.29 is 17.5 Å². The van der Waals surface area contributed by atoms with Gasteiger partial charge in [-0.25, -0.2) is 12.8 Å². The maximum absolute atomic E-state index is 14.3. The molecule has 1 aliphatic rings. The SMILES string of the molecule is Cc1ccc2c(OCCC(c3ccc(F)c(NS(C)(=O)=O)c3)N3CCCCC3)cccc2n1. The van der Waals surface area contributed by atoms with Crippen molar-refractivity contribution in [3.8, 4) is 5.75 Å². The first-order valence-corrected chi connectivity index (χ1v) is 13.2. The molecule has 1 atom stereocenters. The van der Waals surface area contributed by atoms with Gasteiger partial charge < -0.3 is 4.74 Å². The second-order valence-corrected chi connectivity index (χ2v) is 10.4. The third-order valence-electron chi connectivity index (χ3n) is 5.98. The molecule has 1 unspecified atom stereocenters. The first-order valence-electron chi connectivity index (χ1n) is 11.3. The first-order chi connectivity index (χ1) is 15.8. The van der Waals surface area contributed by atoms with Crippen molar-refractivity contribution in [3.05, 3.63) is 65.6 Å². The second kappa shape index (κ2) is 10.1. The summed E-state index contributed by atoms with van der Waals surface area (Å²) in [6.07, 6.45) is 5.14. The Morgan fingerprint density at radius 3 is 2.67 bits per heavy atom. The molecule has 1 saturated heterocycles. The number of pyridine rings is 1. The van der Waals surface area contributed by atoms with Crippen LogP contribution in [0, 0.1) is 12.7 Å². The number of sulfonamides is 1. The topological polar surface area (TPSA) is 71.5 Å². The fraction of sp³-hybridized carbons (Fsp3) is 0.400. The highest BCUT2D eigenvalue weighted by atomic mass is 32.2. The number of nitrogens with one attached hydrogen (secondary N) is 1. The number of aromatic nitrogens is 1. The average molecular weight is 472 g/mol. The molecule has 33 heavy (non-hydrogen) atoms. The van der Waals surface area contributed by atoms with E-state index >= 15 is 0 Å². The van der Waals surface area contributed by atoms with E-state index in [1.54, 1.807) is 12.1 Å². The van der Waals surface area contributed by atoms with Crippen LogP contribution in [-0.2, 0) is 10.0 Å². The molecule has 1 fully saturated rings. The van der Waals surface area contributed by atoms with Crippen LogP contribution in [0.3, 0.4) is 0 Å². The van der Waals surface area contributed by atoms with Crippen LogP contribution in [0.5, 0.6) is 5.75 Å². The van der Waals surface area contributed by atoms with Crippen molar-refractivity contribution >= 4 is 26.6 Å². The number of rotatable bonds is 8. The molecule has 0 aliphatic carbocycles. The van der Waals surface area contributed by atoms with E-state index in [9.17, 15) is 12.8 Å². The number of ether oxygens (including phenoxy) is 1. The van der Waals surface area contributed by atoms with Crippen molar-refractivity contribution in [2.45, 2.75) is 38.6 Å². The molecule has 2 heterocycles. The van der Waals surface area contributed by atoms with Crippen LogP contribution in [0.2, 0.25) is 0 Å². The number of benzene rings is 2. The molecule has 0 radical (unpaired) electrons. The quantitative estimate of drug-likeness (QED) is 0.498. The zero-order valence-electron chi connectivity index (χ0n) is 19.1. The average Bonchev–Trinajstić information content (AvgIpc) is 2.78. The fourth-order valence-corrected chi connectivity index (χ4v) is 5.01. The normalized spacial score (nSPS) is 16.0. The largest absolute Gasteiger partial charge is 0.493 e. The summed E-state index contributed by atoms with van der Waals surface area (Å²) in [4.78, 5) is 6.96. The number of aryl methyl sites for hydroxylation is 1. The highest BCUT2D eigenvalue weighted by Gasteiger charge is 2.24. The number of fused-ring (bicyclic) bond motifs is 1. The molecule has 3 aromatic rings. The molecular formula is C25H30FN3O3S. The van der Waals surface area contributed by atoms with Gasteiger partial charge in [0.1, 0.15) is 11.6 Å². The Bertz CT molecular complexity index is 1230. The Morgan fingerprint density at radius 2 is 1.91 bits per heavy atom. The summed E-state index contributed by atoms with van der Waals surface area (Å²) < 4.78 is 46.1. The van der Waals surface area contributed by atoms with Crippen molar-refractivity contribution in [1.82, 2.24) is 9.88 Å². The Balaban J connectivity index is 1.55. The van der Waals surface area contributed by atoms with E-state index in [1.165, 1.54) is 12.5 Å². The van der Waals surface area contributed by atoms with Crippen molar-refractivity contribution in [2.24, 2.45) is 0 Å². The maximum atomic E-state index is 14.3. The second-order valence-electron chi connectivity index (χ2n) is 8.64. The van der Waals surface area contributed by atoms with Gasteiger partial charge in [0.25, 0.3) is 0 Å². The number of hydrogen-bond acceptors (Lipinski definition) is 5. The van der Waals surface area contributed by atoms with Gasteiger partial charge in [0.15, 0.2) is 0 Å². The molecule has 0 amide bonds.